The number of nitro benzene ring substituents is 1. The zero-order valence-corrected chi connectivity index (χ0v) is 17.3. The van der Waals surface area contributed by atoms with E-state index < -0.39 is 29.2 Å². The van der Waals surface area contributed by atoms with Gasteiger partial charge in [-0.2, -0.15) is 13.2 Å². The van der Waals surface area contributed by atoms with Crippen molar-refractivity contribution < 1.29 is 41.9 Å². The van der Waals surface area contributed by atoms with Crippen molar-refractivity contribution in [2.45, 2.75) is 6.18 Å². The maximum Gasteiger partial charge on any atom is 0.416 e. The summed E-state index contributed by atoms with van der Waals surface area (Å²) in [5, 5.41) is 11.1. The molecule has 0 spiro atoms. The van der Waals surface area contributed by atoms with Crippen molar-refractivity contribution in [3.05, 3.63) is 68.9 Å². The molecule has 0 aliphatic heterocycles. The summed E-state index contributed by atoms with van der Waals surface area (Å²) in [6.45, 7) is -0.511. The lowest BCUT2D eigenvalue weighted by Crippen LogP contribution is -2.20. The van der Waals surface area contributed by atoms with Gasteiger partial charge in [-0.25, -0.2) is 4.79 Å². The van der Waals surface area contributed by atoms with Crippen LogP contribution in [0.4, 0.5) is 18.9 Å². The van der Waals surface area contributed by atoms with Crippen LogP contribution in [0, 0.1) is 10.1 Å². The molecule has 0 bridgehead atoms. The minimum absolute atomic E-state index is 0.0176. The van der Waals surface area contributed by atoms with Gasteiger partial charge >= 0.3 is 12.1 Å². The first-order valence-corrected chi connectivity index (χ1v) is 8.95. The Morgan fingerprint density at radius 1 is 1.22 bits per heavy atom. The molecule has 0 heterocycles. The zero-order valence-electron chi connectivity index (χ0n) is 16.6. The normalized spacial score (nSPS) is 11.6. The van der Waals surface area contributed by atoms with Gasteiger partial charge in [0, 0.05) is 6.07 Å². The molecule has 0 radical (unpaired) electrons. The first-order valence-electron chi connectivity index (χ1n) is 8.57. The Hall–Kier alpha value is -3.51. The molecule has 172 valence electrons. The summed E-state index contributed by atoms with van der Waals surface area (Å²) in [7, 11) is 2.42. The van der Waals surface area contributed by atoms with Crippen molar-refractivity contribution in [3.8, 4) is 11.5 Å². The lowest BCUT2D eigenvalue weighted by atomic mass is 10.1. The number of rotatable bonds is 9. The molecule has 1 N–H and O–H groups in total. The SMILES string of the molecule is COC=C(NOCC(=O)OC)c1cc(Oc2ccc(C(F)(F)F)cc2Cl)ccc1[N+](=O)[O-]. The van der Waals surface area contributed by atoms with Crippen molar-refractivity contribution in [1.29, 1.82) is 0 Å². The summed E-state index contributed by atoms with van der Waals surface area (Å²) in [5.74, 6) is -0.798. The molecule has 0 unspecified atom stereocenters. The molecule has 2 rings (SSSR count). The Labute approximate surface area is 184 Å². The van der Waals surface area contributed by atoms with E-state index in [2.05, 4.69) is 10.2 Å². The minimum atomic E-state index is -4.58. The number of benzene rings is 2. The van der Waals surface area contributed by atoms with Gasteiger partial charge < -0.3 is 14.2 Å². The van der Waals surface area contributed by atoms with E-state index >= 15 is 0 Å². The Morgan fingerprint density at radius 2 is 1.94 bits per heavy atom. The predicted octanol–water partition coefficient (Wildman–Crippen LogP) is 4.70. The van der Waals surface area contributed by atoms with E-state index in [9.17, 15) is 28.1 Å². The highest BCUT2D eigenvalue weighted by atomic mass is 35.5. The van der Waals surface area contributed by atoms with Crippen LogP contribution in [-0.2, 0) is 25.3 Å². The number of nitro groups is 1. The maximum atomic E-state index is 12.8. The van der Waals surface area contributed by atoms with Gasteiger partial charge in [0.2, 0.25) is 0 Å². The second-order valence-corrected chi connectivity index (χ2v) is 6.32. The van der Waals surface area contributed by atoms with Crippen molar-refractivity contribution >= 4 is 29.0 Å². The molecule has 0 fully saturated rings. The zero-order chi connectivity index (χ0) is 23.9. The highest BCUT2D eigenvalue weighted by Gasteiger charge is 2.31. The molecule has 0 aliphatic carbocycles. The van der Waals surface area contributed by atoms with E-state index in [1.165, 1.54) is 19.2 Å². The van der Waals surface area contributed by atoms with Gasteiger partial charge in [0.05, 0.1) is 35.3 Å². The fourth-order valence-electron chi connectivity index (χ4n) is 2.33. The van der Waals surface area contributed by atoms with Crippen LogP contribution in [0.2, 0.25) is 5.02 Å². The van der Waals surface area contributed by atoms with Crippen molar-refractivity contribution in [1.82, 2.24) is 5.48 Å². The van der Waals surface area contributed by atoms with Crippen molar-refractivity contribution in [2.75, 3.05) is 20.8 Å². The molecule has 2 aromatic rings. The van der Waals surface area contributed by atoms with Crippen LogP contribution in [-0.4, -0.2) is 31.7 Å². The van der Waals surface area contributed by atoms with Crippen LogP contribution >= 0.6 is 11.6 Å². The van der Waals surface area contributed by atoms with Gasteiger partial charge in [-0.1, -0.05) is 11.6 Å². The summed E-state index contributed by atoms with van der Waals surface area (Å²) >= 11 is 5.89. The number of carbonyl (C=O) groups is 1. The van der Waals surface area contributed by atoms with E-state index in [0.717, 1.165) is 31.6 Å². The summed E-state index contributed by atoms with van der Waals surface area (Å²) in [6.07, 6.45) is -3.51. The molecule has 0 amide bonds. The number of hydroxylamine groups is 1. The van der Waals surface area contributed by atoms with E-state index in [1.54, 1.807) is 0 Å². The highest BCUT2D eigenvalue weighted by Crippen LogP contribution is 2.37. The van der Waals surface area contributed by atoms with Crippen LogP contribution in [0.25, 0.3) is 5.70 Å². The van der Waals surface area contributed by atoms with Gasteiger partial charge in [-0.15, -0.1) is 0 Å². The molecule has 32 heavy (non-hydrogen) atoms. The van der Waals surface area contributed by atoms with Gasteiger partial charge in [-0.3, -0.25) is 20.4 Å². The lowest BCUT2D eigenvalue weighted by Gasteiger charge is -2.14. The molecule has 0 saturated carbocycles. The number of methoxy groups -OCH3 is 2. The maximum absolute atomic E-state index is 12.8. The number of hydrogen-bond donors (Lipinski definition) is 1. The molecule has 2 aromatic carbocycles. The van der Waals surface area contributed by atoms with Crippen LogP contribution < -0.4 is 10.2 Å². The fourth-order valence-corrected chi connectivity index (χ4v) is 2.55. The average molecular weight is 477 g/mol. The lowest BCUT2D eigenvalue weighted by molar-refractivity contribution is -0.385. The highest BCUT2D eigenvalue weighted by molar-refractivity contribution is 6.32. The summed E-state index contributed by atoms with van der Waals surface area (Å²) in [5.41, 5.74) is 0.889. The summed E-state index contributed by atoms with van der Waals surface area (Å²) in [4.78, 5) is 26.9. The molecular formula is C19H16ClF3N2O7. The smallest absolute Gasteiger partial charge is 0.416 e. The number of alkyl halides is 3. The molecular weight excluding hydrogens is 461 g/mol. The Bertz CT molecular complexity index is 1030. The topological polar surface area (TPSA) is 109 Å². The van der Waals surface area contributed by atoms with Gasteiger partial charge in [-0.05, 0) is 30.3 Å². The number of esters is 1. The molecule has 13 heteroatoms. The quantitative estimate of drug-likeness (QED) is 0.240. The van der Waals surface area contributed by atoms with Gasteiger partial charge in [0.15, 0.2) is 6.61 Å². The molecule has 0 saturated heterocycles. The minimum Gasteiger partial charge on any atom is -0.502 e. The first-order chi connectivity index (χ1) is 15.1. The Kier molecular flexibility index (Phi) is 8.27. The number of halogens is 4. The average Bonchev–Trinajstić information content (AvgIpc) is 2.73. The summed E-state index contributed by atoms with van der Waals surface area (Å²) < 4.78 is 53.2. The van der Waals surface area contributed by atoms with Crippen LogP contribution in [0.3, 0.4) is 0 Å². The number of hydrogen-bond acceptors (Lipinski definition) is 8. The van der Waals surface area contributed by atoms with Crippen LogP contribution in [0.15, 0.2) is 42.7 Å². The third-order valence-electron chi connectivity index (χ3n) is 3.78. The van der Waals surface area contributed by atoms with E-state index in [-0.39, 0.29) is 33.5 Å². The Morgan fingerprint density at radius 3 is 2.50 bits per heavy atom. The van der Waals surface area contributed by atoms with Crippen molar-refractivity contribution in [2.24, 2.45) is 0 Å². The fraction of sp³-hybridized carbons (Fsp3) is 0.211. The monoisotopic (exact) mass is 476 g/mol. The molecule has 0 aromatic heterocycles. The number of nitrogens with zero attached hydrogens (tertiary/aromatic N) is 1. The number of nitrogens with one attached hydrogen (secondary N) is 1. The van der Waals surface area contributed by atoms with E-state index in [1.807, 2.05) is 0 Å². The Balaban J connectivity index is 2.37. The first kappa shape index (κ1) is 24.8. The second-order valence-electron chi connectivity index (χ2n) is 5.92. The molecule has 9 nitrogen and oxygen atoms in total. The van der Waals surface area contributed by atoms with Crippen LogP contribution in [0.1, 0.15) is 11.1 Å². The third-order valence-corrected chi connectivity index (χ3v) is 4.07. The van der Waals surface area contributed by atoms with E-state index in [4.69, 9.17) is 25.9 Å². The third kappa shape index (κ3) is 6.49. The molecule has 0 atom stereocenters. The summed E-state index contributed by atoms with van der Waals surface area (Å²) in [6, 6.07) is 6.05. The van der Waals surface area contributed by atoms with Crippen LogP contribution in [0.5, 0.6) is 11.5 Å². The standard InChI is InChI=1S/C19H16ClF3N2O7/c1-29-9-15(24-31-10-18(26)30-2)13-8-12(4-5-16(13)25(27)28)32-17-6-3-11(7-14(17)20)19(21,22)23/h3-9,24H,10H2,1-2H3. The largest absolute Gasteiger partial charge is 0.502 e. The van der Waals surface area contributed by atoms with Gasteiger partial charge in [0.1, 0.15) is 23.5 Å². The number of carbonyl (C=O) groups excluding carboxylic acids is 1. The molecule has 0 aliphatic rings. The van der Waals surface area contributed by atoms with Crippen molar-refractivity contribution in [3.63, 3.8) is 0 Å². The number of ether oxygens (including phenoxy) is 3. The predicted molar refractivity (Wildman–Crippen MR) is 106 cm³/mol. The van der Waals surface area contributed by atoms with Gasteiger partial charge in [0.25, 0.3) is 5.69 Å². The second kappa shape index (κ2) is 10.7. The van der Waals surface area contributed by atoms with E-state index in [0.29, 0.717) is 6.07 Å².